The zero-order valence-electron chi connectivity index (χ0n) is 11.5. The molecule has 110 valence electrons. The first-order chi connectivity index (χ1) is 9.88. The Bertz CT molecular complexity index is 703. The lowest BCUT2D eigenvalue weighted by atomic mass is 10.2. The molecule has 0 fully saturated rings. The van der Waals surface area contributed by atoms with E-state index in [1.54, 1.807) is 19.9 Å². The molecule has 0 amide bonds. The Morgan fingerprint density at radius 1 is 1.38 bits per heavy atom. The number of rotatable bonds is 5. The molecule has 21 heavy (non-hydrogen) atoms. The molecule has 7 heteroatoms. The van der Waals surface area contributed by atoms with Crippen LogP contribution in [0.5, 0.6) is 5.75 Å². The van der Waals surface area contributed by atoms with Crippen molar-refractivity contribution in [3.8, 4) is 5.75 Å². The number of ether oxygens (including phenoxy) is 1. The second-order valence-corrected chi connectivity index (χ2v) is 4.51. The van der Waals surface area contributed by atoms with Gasteiger partial charge in [-0.1, -0.05) is 6.07 Å². The number of aromatic carboxylic acids is 1. The summed E-state index contributed by atoms with van der Waals surface area (Å²) in [5.41, 5.74) is 1.15. The lowest BCUT2D eigenvalue weighted by Gasteiger charge is -2.06. The van der Waals surface area contributed by atoms with Crippen LogP contribution in [-0.2, 0) is 6.61 Å². The SMILES string of the molecule is Cc1ccc(OCc2cc(C(=O)O)oc2C)c([N+](=O)[O-])c1. The predicted octanol–water partition coefficient (Wildman–Crippen LogP) is 3.08. The molecule has 1 aromatic heterocycles. The van der Waals surface area contributed by atoms with Crippen molar-refractivity contribution in [1.29, 1.82) is 0 Å². The van der Waals surface area contributed by atoms with Crippen LogP contribution in [0.1, 0.15) is 27.4 Å². The van der Waals surface area contributed by atoms with Gasteiger partial charge in [0.1, 0.15) is 12.4 Å². The first-order valence-corrected chi connectivity index (χ1v) is 6.09. The highest BCUT2D eigenvalue weighted by atomic mass is 16.6. The zero-order chi connectivity index (χ0) is 15.6. The number of carboxylic acid groups (broad SMARTS) is 1. The summed E-state index contributed by atoms with van der Waals surface area (Å²) in [6, 6.07) is 5.98. The second kappa shape index (κ2) is 5.66. The minimum atomic E-state index is -1.18. The van der Waals surface area contributed by atoms with E-state index in [0.29, 0.717) is 11.3 Å². The van der Waals surface area contributed by atoms with E-state index in [9.17, 15) is 14.9 Å². The van der Waals surface area contributed by atoms with Gasteiger partial charge in [0.15, 0.2) is 5.75 Å². The average Bonchev–Trinajstić information content (AvgIpc) is 2.79. The number of nitro benzene ring substituents is 1. The van der Waals surface area contributed by atoms with Crippen molar-refractivity contribution in [3.63, 3.8) is 0 Å². The Morgan fingerprint density at radius 2 is 2.10 bits per heavy atom. The maximum Gasteiger partial charge on any atom is 0.371 e. The van der Waals surface area contributed by atoms with Gasteiger partial charge in [-0.25, -0.2) is 4.79 Å². The second-order valence-electron chi connectivity index (χ2n) is 4.51. The average molecular weight is 291 g/mol. The molecule has 0 radical (unpaired) electrons. The van der Waals surface area contributed by atoms with E-state index in [-0.39, 0.29) is 23.8 Å². The van der Waals surface area contributed by atoms with Gasteiger partial charge in [0.25, 0.3) is 0 Å². The molecule has 0 saturated heterocycles. The Morgan fingerprint density at radius 3 is 2.67 bits per heavy atom. The number of benzene rings is 1. The Labute approximate surface area is 119 Å². The van der Waals surface area contributed by atoms with Crippen molar-refractivity contribution < 1.29 is 24.0 Å². The van der Waals surface area contributed by atoms with Crippen molar-refractivity contribution in [2.45, 2.75) is 20.5 Å². The van der Waals surface area contributed by atoms with E-state index in [4.69, 9.17) is 14.3 Å². The lowest BCUT2D eigenvalue weighted by molar-refractivity contribution is -0.386. The Kier molecular flexibility index (Phi) is 3.93. The molecule has 2 aromatic rings. The van der Waals surface area contributed by atoms with Crippen molar-refractivity contribution in [3.05, 3.63) is 57.0 Å². The number of aryl methyl sites for hydroxylation is 2. The van der Waals surface area contributed by atoms with Gasteiger partial charge in [0.2, 0.25) is 5.76 Å². The number of hydrogen-bond donors (Lipinski definition) is 1. The monoisotopic (exact) mass is 291 g/mol. The number of nitrogens with zero attached hydrogens (tertiary/aromatic N) is 1. The van der Waals surface area contributed by atoms with Gasteiger partial charge in [-0.05, 0) is 31.5 Å². The van der Waals surface area contributed by atoms with Gasteiger partial charge < -0.3 is 14.3 Å². The molecular weight excluding hydrogens is 278 g/mol. The van der Waals surface area contributed by atoms with E-state index < -0.39 is 10.9 Å². The number of hydrogen-bond acceptors (Lipinski definition) is 5. The molecule has 0 aliphatic heterocycles. The highest BCUT2D eigenvalue weighted by Gasteiger charge is 2.17. The van der Waals surface area contributed by atoms with E-state index in [2.05, 4.69) is 0 Å². The standard InChI is InChI=1S/C14H13NO6/c1-8-3-4-12(11(5-8)15(18)19)20-7-10-6-13(14(16)17)21-9(10)2/h3-6H,7H2,1-2H3,(H,16,17). The largest absolute Gasteiger partial charge is 0.482 e. The molecule has 7 nitrogen and oxygen atoms in total. The first-order valence-electron chi connectivity index (χ1n) is 6.09. The maximum absolute atomic E-state index is 11.0. The van der Waals surface area contributed by atoms with E-state index in [1.807, 2.05) is 0 Å². The van der Waals surface area contributed by atoms with E-state index in [0.717, 1.165) is 5.56 Å². The van der Waals surface area contributed by atoms with Crippen LogP contribution >= 0.6 is 0 Å². The fourth-order valence-electron chi connectivity index (χ4n) is 1.82. The van der Waals surface area contributed by atoms with Gasteiger partial charge in [0.05, 0.1) is 4.92 Å². The molecule has 0 unspecified atom stereocenters. The van der Waals surface area contributed by atoms with Crippen molar-refractivity contribution in [2.24, 2.45) is 0 Å². The molecule has 1 aromatic carbocycles. The minimum Gasteiger partial charge on any atom is -0.482 e. The third-order valence-electron chi connectivity index (χ3n) is 2.93. The van der Waals surface area contributed by atoms with Gasteiger partial charge in [0, 0.05) is 11.6 Å². The quantitative estimate of drug-likeness (QED) is 0.670. The van der Waals surface area contributed by atoms with Crippen LogP contribution in [0.3, 0.4) is 0 Å². The van der Waals surface area contributed by atoms with Gasteiger partial charge in [-0.3, -0.25) is 10.1 Å². The van der Waals surface area contributed by atoms with Crippen LogP contribution in [0.15, 0.2) is 28.7 Å². The molecule has 0 atom stereocenters. The number of carbonyl (C=O) groups is 1. The summed E-state index contributed by atoms with van der Waals surface area (Å²) in [5.74, 6) is -0.833. The third kappa shape index (κ3) is 3.19. The smallest absolute Gasteiger partial charge is 0.371 e. The van der Waals surface area contributed by atoms with Crippen LogP contribution in [0.25, 0.3) is 0 Å². The lowest BCUT2D eigenvalue weighted by Crippen LogP contribution is -2.00. The van der Waals surface area contributed by atoms with Crippen LogP contribution in [0.4, 0.5) is 5.69 Å². The molecule has 0 spiro atoms. The van der Waals surface area contributed by atoms with Gasteiger partial charge in [-0.2, -0.15) is 0 Å². The van der Waals surface area contributed by atoms with E-state index in [1.165, 1.54) is 18.2 Å². The number of carboxylic acids is 1. The summed E-state index contributed by atoms with van der Waals surface area (Å²) in [7, 11) is 0. The molecule has 0 bridgehead atoms. The fraction of sp³-hybridized carbons (Fsp3) is 0.214. The molecule has 0 saturated carbocycles. The third-order valence-corrected chi connectivity index (χ3v) is 2.93. The van der Waals surface area contributed by atoms with Gasteiger partial charge >= 0.3 is 11.7 Å². The van der Waals surface area contributed by atoms with Crippen molar-refractivity contribution in [2.75, 3.05) is 0 Å². The maximum atomic E-state index is 11.0. The summed E-state index contributed by atoms with van der Waals surface area (Å²) in [5, 5.41) is 19.8. The topological polar surface area (TPSA) is 103 Å². The zero-order valence-corrected chi connectivity index (χ0v) is 11.5. The van der Waals surface area contributed by atoms with Crippen LogP contribution in [0.2, 0.25) is 0 Å². The highest BCUT2D eigenvalue weighted by Crippen LogP contribution is 2.29. The Hall–Kier alpha value is -2.83. The summed E-state index contributed by atoms with van der Waals surface area (Å²) in [6.45, 7) is 3.34. The number of nitro groups is 1. The number of furan rings is 1. The molecule has 2 rings (SSSR count). The minimum absolute atomic E-state index is 0.00743. The van der Waals surface area contributed by atoms with Crippen LogP contribution in [-0.4, -0.2) is 16.0 Å². The van der Waals surface area contributed by atoms with Crippen LogP contribution in [0, 0.1) is 24.0 Å². The molecule has 1 N–H and O–H groups in total. The first kappa shape index (κ1) is 14.6. The normalized spacial score (nSPS) is 10.4. The molecule has 0 aliphatic carbocycles. The summed E-state index contributed by atoms with van der Waals surface area (Å²) < 4.78 is 10.5. The predicted molar refractivity (Wildman–Crippen MR) is 72.6 cm³/mol. The summed E-state index contributed by atoms with van der Waals surface area (Å²) >= 11 is 0. The fourth-order valence-corrected chi connectivity index (χ4v) is 1.82. The van der Waals surface area contributed by atoms with E-state index >= 15 is 0 Å². The Balaban J connectivity index is 2.20. The van der Waals surface area contributed by atoms with Crippen molar-refractivity contribution in [1.82, 2.24) is 0 Å². The van der Waals surface area contributed by atoms with Crippen molar-refractivity contribution >= 4 is 11.7 Å². The summed E-state index contributed by atoms with van der Waals surface area (Å²) in [4.78, 5) is 21.3. The molecule has 0 aliphatic rings. The highest BCUT2D eigenvalue weighted by molar-refractivity contribution is 5.84. The van der Waals surface area contributed by atoms with Crippen LogP contribution < -0.4 is 4.74 Å². The van der Waals surface area contributed by atoms with Gasteiger partial charge in [-0.15, -0.1) is 0 Å². The molecular formula is C14H13NO6. The summed E-state index contributed by atoms with van der Waals surface area (Å²) in [6.07, 6.45) is 0. The molecule has 1 heterocycles.